The average molecular weight is 271 g/mol. The number of hydrogen-bond donors (Lipinski definition) is 0. The molecule has 1 saturated heterocycles. The Labute approximate surface area is 118 Å². The maximum absolute atomic E-state index is 4.65. The van der Waals surface area contributed by atoms with Crippen LogP contribution in [0.4, 0.5) is 5.82 Å². The van der Waals surface area contributed by atoms with Crippen LogP contribution in [0.1, 0.15) is 18.4 Å². The third-order valence-electron chi connectivity index (χ3n) is 3.26. The first-order valence-electron chi connectivity index (χ1n) is 6.66. The van der Waals surface area contributed by atoms with E-state index in [2.05, 4.69) is 39.1 Å². The number of anilines is 1. The van der Waals surface area contributed by atoms with Crippen molar-refractivity contribution in [2.45, 2.75) is 23.8 Å². The first-order chi connectivity index (χ1) is 9.42. The van der Waals surface area contributed by atoms with Gasteiger partial charge in [0.05, 0.1) is 0 Å². The molecule has 1 fully saturated rings. The normalized spacial score (nSPS) is 14.8. The van der Waals surface area contributed by atoms with E-state index >= 15 is 0 Å². The van der Waals surface area contributed by atoms with Crippen molar-refractivity contribution in [1.29, 1.82) is 0 Å². The standard InChI is InChI=1S/C15H17N3S/c1-2-6-13(7-3-1)12-19-15-16-9-8-14(17-15)18-10-4-5-11-18/h1-3,6-9H,4-5,10-12H2. The van der Waals surface area contributed by atoms with E-state index in [-0.39, 0.29) is 0 Å². The molecule has 98 valence electrons. The SMILES string of the molecule is c1ccc(CSc2nccc(N3CCCC3)n2)cc1. The maximum Gasteiger partial charge on any atom is 0.189 e. The Morgan fingerprint density at radius 3 is 2.63 bits per heavy atom. The minimum absolute atomic E-state index is 0.869. The number of benzene rings is 1. The first kappa shape index (κ1) is 12.5. The summed E-state index contributed by atoms with van der Waals surface area (Å²) >= 11 is 1.70. The highest BCUT2D eigenvalue weighted by atomic mass is 32.2. The summed E-state index contributed by atoms with van der Waals surface area (Å²) in [6, 6.07) is 12.5. The molecule has 0 aliphatic carbocycles. The van der Waals surface area contributed by atoms with Crippen LogP contribution in [0.25, 0.3) is 0 Å². The van der Waals surface area contributed by atoms with Crippen molar-refractivity contribution < 1.29 is 0 Å². The predicted molar refractivity (Wildman–Crippen MR) is 79.5 cm³/mol. The summed E-state index contributed by atoms with van der Waals surface area (Å²) in [6.07, 6.45) is 4.42. The lowest BCUT2D eigenvalue weighted by molar-refractivity contribution is 0.878. The maximum atomic E-state index is 4.65. The number of aromatic nitrogens is 2. The van der Waals surface area contributed by atoms with E-state index in [9.17, 15) is 0 Å². The summed E-state index contributed by atoms with van der Waals surface area (Å²) in [5, 5.41) is 0.869. The van der Waals surface area contributed by atoms with Crippen LogP contribution in [0.5, 0.6) is 0 Å². The van der Waals surface area contributed by atoms with Gasteiger partial charge >= 0.3 is 0 Å². The third kappa shape index (κ3) is 3.26. The van der Waals surface area contributed by atoms with Crippen molar-refractivity contribution in [1.82, 2.24) is 9.97 Å². The molecular formula is C15H17N3S. The molecule has 1 aliphatic rings. The summed E-state index contributed by atoms with van der Waals surface area (Å²) in [4.78, 5) is 11.3. The highest BCUT2D eigenvalue weighted by Gasteiger charge is 2.13. The Bertz CT molecular complexity index is 524. The predicted octanol–water partition coefficient (Wildman–Crippen LogP) is 3.37. The van der Waals surface area contributed by atoms with Crippen LogP contribution < -0.4 is 4.90 Å². The molecule has 1 aromatic heterocycles. The van der Waals surface area contributed by atoms with E-state index < -0.39 is 0 Å². The van der Waals surface area contributed by atoms with Gasteiger partial charge in [0.15, 0.2) is 5.16 Å². The minimum atomic E-state index is 0.869. The minimum Gasteiger partial charge on any atom is -0.356 e. The molecule has 1 aromatic carbocycles. The zero-order valence-corrected chi connectivity index (χ0v) is 11.6. The van der Waals surface area contributed by atoms with Crippen molar-refractivity contribution >= 4 is 17.6 Å². The van der Waals surface area contributed by atoms with E-state index in [1.165, 1.54) is 18.4 Å². The highest BCUT2D eigenvalue weighted by Crippen LogP contribution is 2.23. The Kier molecular flexibility index (Phi) is 3.98. The average Bonchev–Trinajstić information content (AvgIpc) is 3.01. The molecule has 0 bridgehead atoms. The smallest absolute Gasteiger partial charge is 0.189 e. The van der Waals surface area contributed by atoms with Crippen LogP contribution in [-0.4, -0.2) is 23.1 Å². The van der Waals surface area contributed by atoms with E-state index in [1.54, 1.807) is 11.8 Å². The monoisotopic (exact) mass is 271 g/mol. The van der Waals surface area contributed by atoms with E-state index in [0.717, 1.165) is 29.8 Å². The molecular weight excluding hydrogens is 254 g/mol. The Hall–Kier alpha value is -1.55. The van der Waals surface area contributed by atoms with Crippen LogP contribution in [0.3, 0.4) is 0 Å². The molecule has 3 nitrogen and oxygen atoms in total. The Balaban J connectivity index is 1.66. The van der Waals surface area contributed by atoms with Gasteiger partial charge in [-0.05, 0) is 24.5 Å². The summed E-state index contributed by atoms with van der Waals surface area (Å²) in [5.41, 5.74) is 1.31. The number of hydrogen-bond acceptors (Lipinski definition) is 4. The molecule has 0 amide bonds. The van der Waals surface area contributed by atoms with Gasteiger partial charge in [-0.25, -0.2) is 9.97 Å². The van der Waals surface area contributed by atoms with Crippen LogP contribution in [0.2, 0.25) is 0 Å². The molecule has 0 spiro atoms. The number of nitrogens with zero attached hydrogens (tertiary/aromatic N) is 3. The number of thioether (sulfide) groups is 1. The van der Waals surface area contributed by atoms with E-state index in [1.807, 2.05) is 18.3 Å². The van der Waals surface area contributed by atoms with Gasteiger partial charge in [0, 0.05) is 25.0 Å². The largest absolute Gasteiger partial charge is 0.356 e. The molecule has 2 heterocycles. The van der Waals surface area contributed by atoms with Gasteiger partial charge in [-0.1, -0.05) is 42.1 Å². The van der Waals surface area contributed by atoms with Crippen LogP contribution in [0, 0.1) is 0 Å². The van der Waals surface area contributed by atoms with Crippen LogP contribution in [0.15, 0.2) is 47.8 Å². The third-order valence-corrected chi connectivity index (χ3v) is 4.19. The fourth-order valence-corrected chi connectivity index (χ4v) is 3.03. The second-order valence-electron chi connectivity index (χ2n) is 4.67. The molecule has 19 heavy (non-hydrogen) atoms. The molecule has 1 aliphatic heterocycles. The molecule has 0 saturated carbocycles. The molecule has 0 unspecified atom stereocenters. The zero-order valence-electron chi connectivity index (χ0n) is 10.8. The van der Waals surface area contributed by atoms with Crippen LogP contribution >= 0.6 is 11.8 Å². The van der Waals surface area contributed by atoms with E-state index in [4.69, 9.17) is 0 Å². The lowest BCUT2D eigenvalue weighted by Gasteiger charge is -2.16. The fourth-order valence-electron chi connectivity index (χ4n) is 2.25. The summed E-state index contributed by atoms with van der Waals surface area (Å²) in [6.45, 7) is 2.25. The molecule has 0 atom stereocenters. The quantitative estimate of drug-likeness (QED) is 0.630. The lowest BCUT2D eigenvalue weighted by Crippen LogP contribution is -2.19. The van der Waals surface area contributed by atoms with Crippen molar-refractivity contribution in [2.75, 3.05) is 18.0 Å². The second kappa shape index (κ2) is 6.06. The molecule has 3 rings (SSSR count). The summed E-state index contributed by atoms with van der Waals surface area (Å²) in [5.74, 6) is 1.99. The second-order valence-corrected chi connectivity index (χ2v) is 5.61. The summed E-state index contributed by atoms with van der Waals surface area (Å²) < 4.78 is 0. The lowest BCUT2D eigenvalue weighted by atomic mass is 10.2. The summed E-state index contributed by atoms with van der Waals surface area (Å²) in [7, 11) is 0. The Morgan fingerprint density at radius 1 is 1.05 bits per heavy atom. The van der Waals surface area contributed by atoms with Gasteiger partial charge in [-0.3, -0.25) is 0 Å². The van der Waals surface area contributed by atoms with Gasteiger partial charge < -0.3 is 4.90 Å². The van der Waals surface area contributed by atoms with Gasteiger partial charge in [0.25, 0.3) is 0 Å². The van der Waals surface area contributed by atoms with Gasteiger partial charge in [-0.2, -0.15) is 0 Å². The van der Waals surface area contributed by atoms with Crippen molar-refractivity contribution in [3.8, 4) is 0 Å². The molecule has 2 aromatic rings. The number of rotatable bonds is 4. The van der Waals surface area contributed by atoms with Gasteiger partial charge in [0.2, 0.25) is 0 Å². The van der Waals surface area contributed by atoms with Gasteiger partial charge in [-0.15, -0.1) is 0 Å². The fraction of sp³-hybridized carbons (Fsp3) is 0.333. The van der Waals surface area contributed by atoms with Crippen LogP contribution in [-0.2, 0) is 5.75 Å². The molecule has 4 heteroatoms. The van der Waals surface area contributed by atoms with Gasteiger partial charge in [0.1, 0.15) is 5.82 Å². The van der Waals surface area contributed by atoms with E-state index in [0.29, 0.717) is 0 Å². The highest BCUT2D eigenvalue weighted by molar-refractivity contribution is 7.98. The van der Waals surface area contributed by atoms with Crippen molar-refractivity contribution in [3.63, 3.8) is 0 Å². The zero-order chi connectivity index (χ0) is 12.9. The Morgan fingerprint density at radius 2 is 1.84 bits per heavy atom. The first-order valence-corrected chi connectivity index (χ1v) is 7.65. The van der Waals surface area contributed by atoms with Crippen molar-refractivity contribution in [3.05, 3.63) is 48.2 Å². The molecule has 0 radical (unpaired) electrons. The van der Waals surface area contributed by atoms with Crippen molar-refractivity contribution in [2.24, 2.45) is 0 Å². The topological polar surface area (TPSA) is 29.0 Å². The molecule has 0 N–H and O–H groups in total.